The normalized spacial score (nSPS) is 12.8. The van der Waals surface area contributed by atoms with Gasteiger partial charge in [0.2, 0.25) is 0 Å². The molecule has 0 unspecified atom stereocenters. The summed E-state index contributed by atoms with van der Waals surface area (Å²) in [5, 5.41) is 4.86. The van der Waals surface area contributed by atoms with Crippen LogP contribution < -0.4 is 10.5 Å². The summed E-state index contributed by atoms with van der Waals surface area (Å²) in [5.74, 6) is 1.57. The number of anilines is 1. The monoisotopic (exact) mass is 419 g/mol. The molecule has 8 heteroatoms. The third kappa shape index (κ3) is 2.86. The Bertz CT molecular complexity index is 1370. The highest BCUT2D eigenvalue weighted by molar-refractivity contribution is 6.32. The van der Waals surface area contributed by atoms with Gasteiger partial charge in [0.1, 0.15) is 17.4 Å². The first-order valence-corrected chi connectivity index (χ1v) is 9.74. The van der Waals surface area contributed by atoms with Crippen molar-refractivity contribution in [1.29, 1.82) is 0 Å². The Balaban J connectivity index is 1.47. The Labute approximate surface area is 177 Å². The van der Waals surface area contributed by atoms with Gasteiger partial charge < -0.3 is 15.5 Å². The number of nitrogens with one attached hydrogen (secondary N) is 1. The van der Waals surface area contributed by atoms with Gasteiger partial charge in [0.25, 0.3) is 0 Å². The standard InChI is InChI=1S/C22H18ClN5O2/c1-11-26-18-4-3-15(9-19(18)27-11)28-22(24)16(10-25-28)21(29)14-5-12-7-17(23)20(30-2)8-13(12)6-14/h3-5,7-10H,6,24H2,1-2H3,(H,26,27). The molecule has 2 heterocycles. The molecule has 0 saturated carbocycles. The van der Waals surface area contributed by atoms with Crippen molar-refractivity contribution in [3.05, 3.63) is 69.6 Å². The number of carbonyl (C=O) groups is 1. The van der Waals surface area contributed by atoms with Gasteiger partial charge in [0.15, 0.2) is 5.78 Å². The fourth-order valence-corrected chi connectivity index (χ4v) is 4.06. The lowest BCUT2D eigenvalue weighted by atomic mass is 10.0. The van der Waals surface area contributed by atoms with E-state index in [9.17, 15) is 4.79 Å². The van der Waals surface area contributed by atoms with Crippen LogP contribution in [-0.2, 0) is 6.42 Å². The highest BCUT2D eigenvalue weighted by atomic mass is 35.5. The number of methoxy groups -OCH3 is 1. The molecule has 2 aromatic heterocycles. The van der Waals surface area contributed by atoms with Crippen LogP contribution in [0.2, 0.25) is 5.02 Å². The van der Waals surface area contributed by atoms with Gasteiger partial charge in [-0.1, -0.05) is 11.6 Å². The van der Waals surface area contributed by atoms with Crippen LogP contribution in [0.1, 0.15) is 27.3 Å². The van der Waals surface area contributed by atoms with Crippen molar-refractivity contribution in [3.8, 4) is 11.4 Å². The minimum absolute atomic E-state index is 0.150. The number of hydrogen-bond acceptors (Lipinski definition) is 5. The Morgan fingerprint density at radius 2 is 2.13 bits per heavy atom. The summed E-state index contributed by atoms with van der Waals surface area (Å²) < 4.78 is 6.83. The number of imidazole rings is 1. The van der Waals surface area contributed by atoms with Gasteiger partial charge in [-0.25, -0.2) is 9.67 Å². The van der Waals surface area contributed by atoms with Crippen molar-refractivity contribution in [2.24, 2.45) is 0 Å². The van der Waals surface area contributed by atoms with Crippen molar-refractivity contribution in [1.82, 2.24) is 19.7 Å². The minimum Gasteiger partial charge on any atom is -0.495 e. The fourth-order valence-electron chi connectivity index (χ4n) is 3.81. The number of nitrogens with two attached hydrogens (primary N) is 1. The number of halogens is 1. The molecule has 0 spiro atoms. The summed E-state index contributed by atoms with van der Waals surface area (Å²) >= 11 is 6.21. The molecule has 0 amide bonds. The molecule has 2 aromatic carbocycles. The summed E-state index contributed by atoms with van der Waals surface area (Å²) in [5.41, 5.74) is 11.7. The zero-order valence-corrected chi connectivity index (χ0v) is 17.1. The number of fused-ring (bicyclic) bond motifs is 2. The molecule has 150 valence electrons. The average Bonchev–Trinajstić information content (AvgIpc) is 3.41. The lowest BCUT2D eigenvalue weighted by molar-refractivity contribution is 0.103. The molecule has 0 atom stereocenters. The number of benzene rings is 2. The maximum absolute atomic E-state index is 13.2. The SMILES string of the molecule is COc1cc2c(cc1Cl)C=C(C(=O)c1cnn(-c3ccc4nc(C)[nH]c4c3)c1N)C2. The predicted molar refractivity (Wildman–Crippen MR) is 116 cm³/mol. The average molecular weight is 420 g/mol. The zero-order valence-electron chi connectivity index (χ0n) is 16.4. The number of allylic oxidation sites excluding steroid dienone is 1. The second-order valence-corrected chi connectivity index (χ2v) is 7.65. The van der Waals surface area contributed by atoms with E-state index in [0.29, 0.717) is 34.1 Å². The molecule has 4 aromatic rings. The van der Waals surface area contributed by atoms with Crippen molar-refractivity contribution in [2.75, 3.05) is 12.8 Å². The number of H-pyrrole nitrogens is 1. The number of rotatable bonds is 4. The zero-order chi connectivity index (χ0) is 21.0. The smallest absolute Gasteiger partial charge is 0.194 e. The van der Waals surface area contributed by atoms with Crippen LogP contribution >= 0.6 is 11.6 Å². The van der Waals surface area contributed by atoms with Gasteiger partial charge in [-0.2, -0.15) is 5.10 Å². The van der Waals surface area contributed by atoms with Crippen LogP contribution in [0.4, 0.5) is 5.82 Å². The first kappa shape index (κ1) is 18.4. The lowest BCUT2D eigenvalue weighted by Gasteiger charge is -2.06. The summed E-state index contributed by atoms with van der Waals surface area (Å²) in [7, 11) is 1.57. The van der Waals surface area contributed by atoms with Crippen molar-refractivity contribution in [3.63, 3.8) is 0 Å². The van der Waals surface area contributed by atoms with Crippen molar-refractivity contribution < 1.29 is 9.53 Å². The van der Waals surface area contributed by atoms with Gasteiger partial charge in [-0.05, 0) is 54.5 Å². The molecule has 30 heavy (non-hydrogen) atoms. The van der Waals surface area contributed by atoms with E-state index in [2.05, 4.69) is 15.1 Å². The van der Waals surface area contributed by atoms with E-state index in [-0.39, 0.29) is 5.78 Å². The van der Waals surface area contributed by atoms with Crippen LogP contribution in [0, 0.1) is 6.92 Å². The maximum Gasteiger partial charge on any atom is 0.194 e. The molecule has 0 aliphatic heterocycles. The van der Waals surface area contributed by atoms with Gasteiger partial charge in [0, 0.05) is 12.0 Å². The number of Topliss-reactive ketones (excluding diaryl/α,β-unsaturated/α-hetero) is 1. The van der Waals surface area contributed by atoms with Crippen LogP contribution in [-0.4, -0.2) is 32.6 Å². The van der Waals surface area contributed by atoms with E-state index < -0.39 is 0 Å². The maximum atomic E-state index is 13.2. The summed E-state index contributed by atoms with van der Waals surface area (Å²) in [4.78, 5) is 20.7. The quantitative estimate of drug-likeness (QED) is 0.485. The third-order valence-corrected chi connectivity index (χ3v) is 5.59. The Morgan fingerprint density at radius 3 is 2.93 bits per heavy atom. The topological polar surface area (TPSA) is 98.8 Å². The first-order chi connectivity index (χ1) is 14.4. The molecular formula is C22H18ClN5O2. The molecule has 0 bridgehead atoms. The number of aromatic amines is 1. The van der Waals surface area contributed by atoms with Crippen molar-refractivity contribution in [2.45, 2.75) is 13.3 Å². The van der Waals surface area contributed by atoms with Gasteiger partial charge in [-0.3, -0.25) is 4.79 Å². The summed E-state index contributed by atoms with van der Waals surface area (Å²) in [6.45, 7) is 1.90. The highest BCUT2D eigenvalue weighted by Gasteiger charge is 2.25. The Hall–Kier alpha value is -3.58. The van der Waals surface area contributed by atoms with Crippen LogP contribution in [0.3, 0.4) is 0 Å². The molecule has 0 fully saturated rings. The number of nitrogen functional groups attached to an aromatic ring is 1. The number of hydrogen-bond donors (Lipinski definition) is 2. The van der Waals surface area contributed by atoms with E-state index in [1.165, 1.54) is 6.20 Å². The second kappa shape index (κ2) is 6.74. The number of carbonyl (C=O) groups excluding carboxylic acids is 1. The molecule has 3 N–H and O–H groups in total. The lowest BCUT2D eigenvalue weighted by Crippen LogP contribution is -2.08. The molecule has 1 aliphatic carbocycles. The van der Waals surface area contributed by atoms with E-state index in [0.717, 1.165) is 33.7 Å². The first-order valence-electron chi connectivity index (χ1n) is 9.36. The summed E-state index contributed by atoms with van der Waals surface area (Å²) in [6.07, 6.45) is 3.85. The number of aryl methyl sites for hydroxylation is 1. The number of ether oxygens (including phenoxy) is 1. The van der Waals surface area contributed by atoms with E-state index in [1.807, 2.05) is 43.3 Å². The summed E-state index contributed by atoms with van der Waals surface area (Å²) in [6, 6.07) is 9.35. The molecular weight excluding hydrogens is 402 g/mol. The van der Waals surface area contributed by atoms with Crippen LogP contribution in [0.25, 0.3) is 22.8 Å². The van der Waals surface area contributed by atoms with E-state index in [4.69, 9.17) is 22.1 Å². The molecule has 1 aliphatic rings. The third-order valence-electron chi connectivity index (χ3n) is 5.30. The van der Waals surface area contributed by atoms with Crippen LogP contribution in [0.15, 0.2) is 42.1 Å². The van der Waals surface area contributed by atoms with Gasteiger partial charge in [0.05, 0.1) is 40.6 Å². The largest absolute Gasteiger partial charge is 0.495 e. The molecule has 0 saturated heterocycles. The van der Waals surface area contributed by atoms with E-state index in [1.54, 1.807) is 11.8 Å². The Morgan fingerprint density at radius 1 is 1.30 bits per heavy atom. The minimum atomic E-state index is -0.150. The molecule has 7 nitrogen and oxygen atoms in total. The van der Waals surface area contributed by atoms with E-state index >= 15 is 0 Å². The molecule has 5 rings (SSSR count). The van der Waals surface area contributed by atoms with Gasteiger partial charge in [-0.15, -0.1) is 0 Å². The highest BCUT2D eigenvalue weighted by Crippen LogP contribution is 2.35. The fraction of sp³-hybridized carbons (Fsp3) is 0.136. The Kier molecular flexibility index (Phi) is 4.15. The van der Waals surface area contributed by atoms with Crippen molar-refractivity contribution >= 4 is 40.3 Å². The number of nitrogens with zero attached hydrogens (tertiary/aromatic N) is 3. The second-order valence-electron chi connectivity index (χ2n) is 7.24. The predicted octanol–water partition coefficient (Wildman–Crippen LogP) is 4.12. The van der Waals surface area contributed by atoms with Gasteiger partial charge >= 0.3 is 0 Å². The van der Waals surface area contributed by atoms with Crippen LogP contribution in [0.5, 0.6) is 5.75 Å². The number of aromatic nitrogens is 4. The number of ketones is 1. The molecule has 0 radical (unpaired) electrons.